The van der Waals surface area contributed by atoms with E-state index in [1.165, 1.54) is 0 Å². The summed E-state index contributed by atoms with van der Waals surface area (Å²) in [6, 6.07) is 0. The molecule has 0 bridgehead atoms. The minimum atomic E-state index is -0.692. The zero-order chi connectivity index (χ0) is 9.42. The molecule has 0 unspecified atom stereocenters. The number of hydrogen-bond acceptors (Lipinski definition) is 4. The molecule has 0 amide bonds. The topological polar surface area (TPSA) is 92.0 Å². The Morgan fingerprint density at radius 1 is 1.15 bits per heavy atom. The third kappa shape index (κ3) is 1.16. The van der Waals surface area contributed by atoms with Crippen LogP contribution in [0.2, 0.25) is 0 Å². The number of fused-ring (bicyclic) bond motifs is 1. The first-order valence-electron chi connectivity index (χ1n) is 3.71. The highest BCUT2D eigenvalue weighted by atomic mass is 16.5. The maximum absolute atomic E-state index is 11.1. The van der Waals surface area contributed by atoms with Crippen molar-refractivity contribution < 1.29 is 9.53 Å². The van der Waals surface area contributed by atoms with Crippen molar-refractivity contribution in [3.63, 3.8) is 0 Å². The lowest BCUT2D eigenvalue weighted by Gasteiger charge is -2.12. The van der Waals surface area contributed by atoms with Crippen molar-refractivity contribution in [2.45, 2.75) is 6.42 Å². The van der Waals surface area contributed by atoms with E-state index in [2.05, 4.69) is 9.72 Å². The van der Waals surface area contributed by atoms with E-state index in [1.54, 1.807) is 0 Å². The number of ether oxygens (including phenoxy) is 1. The van der Waals surface area contributed by atoms with Crippen molar-refractivity contribution in [1.29, 1.82) is 0 Å². The van der Waals surface area contributed by atoms with Crippen LogP contribution in [0.5, 0.6) is 0 Å². The van der Waals surface area contributed by atoms with Crippen LogP contribution in [0.25, 0.3) is 0 Å². The predicted molar refractivity (Wildman–Crippen MR) is 41.7 cm³/mol. The van der Waals surface area contributed by atoms with Crippen LogP contribution in [0, 0.1) is 0 Å². The third-order valence-electron chi connectivity index (χ3n) is 1.83. The predicted octanol–water partition coefficient (Wildman–Crippen LogP) is -1.22. The maximum Gasteiger partial charge on any atom is 0.355 e. The number of aromatic amines is 2. The molecule has 1 aliphatic rings. The number of carbonyl (C=O) groups excluding carboxylic acids is 1. The van der Waals surface area contributed by atoms with Crippen LogP contribution in [-0.4, -0.2) is 22.5 Å². The highest BCUT2D eigenvalue weighted by Crippen LogP contribution is 2.07. The van der Waals surface area contributed by atoms with Crippen molar-refractivity contribution >= 4 is 5.97 Å². The van der Waals surface area contributed by atoms with E-state index >= 15 is 0 Å². The largest absolute Gasteiger partial charge is 0.461 e. The van der Waals surface area contributed by atoms with Crippen molar-refractivity contribution in [2.75, 3.05) is 6.61 Å². The van der Waals surface area contributed by atoms with Gasteiger partial charge in [-0.2, -0.15) is 0 Å². The first-order chi connectivity index (χ1) is 6.18. The number of nitrogens with one attached hydrogen (secondary N) is 2. The van der Waals surface area contributed by atoms with Gasteiger partial charge in [0.1, 0.15) is 5.69 Å². The monoisotopic (exact) mass is 182 g/mol. The molecule has 0 aliphatic carbocycles. The van der Waals surface area contributed by atoms with Crippen LogP contribution >= 0.6 is 0 Å². The van der Waals surface area contributed by atoms with Gasteiger partial charge in [0.05, 0.1) is 12.2 Å². The molecule has 2 N–H and O–H groups in total. The van der Waals surface area contributed by atoms with Crippen molar-refractivity contribution in [3.8, 4) is 0 Å². The summed E-state index contributed by atoms with van der Waals surface area (Å²) in [6.45, 7) is 0.182. The van der Waals surface area contributed by atoms with Crippen LogP contribution in [-0.2, 0) is 11.2 Å². The summed E-state index contributed by atoms with van der Waals surface area (Å²) >= 11 is 0. The molecule has 1 aliphatic heterocycles. The van der Waals surface area contributed by atoms with Crippen LogP contribution in [0.1, 0.15) is 16.1 Å². The van der Waals surface area contributed by atoms with Gasteiger partial charge in [0.2, 0.25) is 0 Å². The molecule has 0 aromatic carbocycles. The number of hydrogen-bond donors (Lipinski definition) is 2. The minimum Gasteiger partial charge on any atom is -0.461 e. The van der Waals surface area contributed by atoms with Gasteiger partial charge in [-0.05, 0) is 0 Å². The lowest BCUT2D eigenvalue weighted by Crippen LogP contribution is -2.34. The average Bonchev–Trinajstić information content (AvgIpc) is 2.07. The zero-order valence-corrected chi connectivity index (χ0v) is 6.55. The number of esters is 1. The lowest BCUT2D eigenvalue weighted by molar-refractivity contribution is 0.0469. The number of H-pyrrole nitrogens is 2. The highest BCUT2D eigenvalue weighted by Gasteiger charge is 2.22. The number of aromatic nitrogens is 2. The van der Waals surface area contributed by atoms with E-state index in [4.69, 9.17) is 0 Å². The summed E-state index contributed by atoms with van der Waals surface area (Å²) in [5.74, 6) is -0.649. The SMILES string of the molecule is O=C1OCCc2c1[nH]c(=O)[nH]c2=O. The highest BCUT2D eigenvalue weighted by molar-refractivity contribution is 5.89. The number of cyclic esters (lactones) is 1. The van der Waals surface area contributed by atoms with Gasteiger partial charge in [0, 0.05) is 6.42 Å². The second kappa shape index (κ2) is 2.58. The molecule has 0 saturated carbocycles. The average molecular weight is 182 g/mol. The maximum atomic E-state index is 11.1. The number of carbonyl (C=O) groups is 1. The van der Waals surface area contributed by atoms with Crippen molar-refractivity contribution in [2.24, 2.45) is 0 Å². The van der Waals surface area contributed by atoms with Crippen molar-refractivity contribution in [1.82, 2.24) is 9.97 Å². The Morgan fingerprint density at radius 2 is 1.92 bits per heavy atom. The zero-order valence-electron chi connectivity index (χ0n) is 6.55. The molecule has 0 saturated heterocycles. The van der Waals surface area contributed by atoms with Gasteiger partial charge in [-0.1, -0.05) is 0 Å². The molecule has 6 heteroatoms. The van der Waals surface area contributed by atoms with Crippen LogP contribution < -0.4 is 11.2 Å². The van der Waals surface area contributed by atoms with E-state index in [0.717, 1.165) is 0 Å². The summed E-state index contributed by atoms with van der Waals surface area (Å²) in [4.78, 5) is 37.3. The second-order valence-electron chi connectivity index (χ2n) is 2.65. The molecule has 0 spiro atoms. The molecule has 6 nitrogen and oxygen atoms in total. The van der Waals surface area contributed by atoms with E-state index in [9.17, 15) is 14.4 Å². The van der Waals surface area contributed by atoms with Gasteiger partial charge in [-0.3, -0.25) is 9.78 Å². The van der Waals surface area contributed by atoms with E-state index in [1.807, 2.05) is 4.98 Å². The molecule has 2 heterocycles. The van der Waals surface area contributed by atoms with Crippen LogP contribution in [0.4, 0.5) is 0 Å². The van der Waals surface area contributed by atoms with Gasteiger partial charge in [0.15, 0.2) is 0 Å². The van der Waals surface area contributed by atoms with E-state index in [0.29, 0.717) is 6.42 Å². The summed E-state index contributed by atoms with van der Waals surface area (Å²) in [7, 11) is 0. The Kier molecular flexibility index (Phi) is 1.54. The summed E-state index contributed by atoms with van der Waals surface area (Å²) in [5, 5.41) is 0. The Balaban J connectivity index is 2.77. The molecule has 1 aromatic heterocycles. The van der Waals surface area contributed by atoms with E-state index in [-0.39, 0.29) is 17.9 Å². The molecule has 0 atom stereocenters. The smallest absolute Gasteiger partial charge is 0.355 e. The Bertz CT molecular complexity index is 470. The Hall–Kier alpha value is -1.85. The lowest BCUT2D eigenvalue weighted by atomic mass is 10.1. The van der Waals surface area contributed by atoms with Gasteiger partial charge in [-0.15, -0.1) is 0 Å². The Labute approximate surface area is 71.6 Å². The number of rotatable bonds is 0. The molecule has 0 radical (unpaired) electrons. The standard InChI is InChI=1S/C7H6N2O4/c10-5-3-1-2-13-6(11)4(3)8-7(12)9-5/h1-2H2,(H2,8,9,10,12). The van der Waals surface area contributed by atoms with Crippen LogP contribution in [0.3, 0.4) is 0 Å². The first kappa shape index (κ1) is 7.78. The summed E-state index contributed by atoms with van der Waals surface area (Å²) in [6.07, 6.45) is 0.340. The van der Waals surface area contributed by atoms with Crippen LogP contribution in [0.15, 0.2) is 9.59 Å². The molecular formula is C7H6N2O4. The molecule has 68 valence electrons. The summed E-state index contributed by atoms with van der Waals surface area (Å²) < 4.78 is 4.65. The quantitative estimate of drug-likeness (QED) is 0.491. The first-order valence-corrected chi connectivity index (χ1v) is 3.71. The fourth-order valence-corrected chi connectivity index (χ4v) is 1.24. The van der Waals surface area contributed by atoms with Gasteiger partial charge in [0.25, 0.3) is 5.56 Å². The molecule has 0 fully saturated rings. The molecule has 2 rings (SSSR count). The second-order valence-corrected chi connectivity index (χ2v) is 2.65. The van der Waals surface area contributed by atoms with Crippen molar-refractivity contribution in [3.05, 3.63) is 32.1 Å². The fraction of sp³-hybridized carbons (Fsp3) is 0.286. The normalized spacial score (nSPS) is 14.9. The third-order valence-corrected chi connectivity index (χ3v) is 1.83. The summed E-state index contributed by atoms with van der Waals surface area (Å²) in [5.41, 5.74) is -0.950. The van der Waals surface area contributed by atoms with Gasteiger partial charge < -0.3 is 9.72 Å². The molecule has 1 aromatic rings. The van der Waals surface area contributed by atoms with Gasteiger partial charge in [-0.25, -0.2) is 9.59 Å². The van der Waals surface area contributed by atoms with Gasteiger partial charge >= 0.3 is 11.7 Å². The fourth-order valence-electron chi connectivity index (χ4n) is 1.24. The minimum absolute atomic E-state index is 0.0278. The van der Waals surface area contributed by atoms with E-state index < -0.39 is 17.2 Å². The molecular weight excluding hydrogens is 176 g/mol. The molecule has 13 heavy (non-hydrogen) atoms. The Morgan fingerprint density at radius 3 is 2.69 bits per heavy atom.